The van der Waals surface area contributed by atoms with Crippen LogP contribution in [-0.4, -0.2) is 9.55 Å². The summed E-state index contributed by atoms with van der Waals surface area (Å²) < 4.78 is 3.16. The smallest absolute Gasteiger partial charge is 0.122 e. The van der Waals surface area contributed by atoms with E-state index in [1.807, 2.05) is 24.0 Å². The molecule has 3 nitrogen and oxygen atoms in total. The van der Waals surface area contributed by atoms with Gasteiger partial charge >= 0.3 is 0 Å². The number of halogens is 1. The van der Waals surface area contributed by atoms with Crippen molar-refractivity contribution in [2.24, 2.45) is 7.05 Å². The number of nitrogens with one attached hydrogen (secondary N) is 1. The average Bonchev–Trinajstić information content (AvgIpc) is 2.76. The van der Waals surface area contributed by atoms with Gasteiger partial charge in [-0.25, -0.2) is 4.98 Å². The first-order valence-electron chi connectivity index (χ1n) is 6.15. The van der Waals surface area contributed by atoms with Gasteiger partial charge in [0.15, 0.2) is 0 Å². The van der Waals surface area contributed by atoms with Gasteiger partial charge in [-0.3, -0.25) is 0 Å². The van der Waals surface area contributed by atoms with E-state index in [2.05, 4.69) is 57.4 Å². The Hall–Kier alpha value is -1.13. The lowest BCUT2D eigenvalue weighted by Gasteiger charge is -2.17. The molecule has 1 aromatic heterocycles. The molecule has 2 aromatic rings. The first-order chi connectivity index (χ1) is 8.70. The molecule has 0 spiro atoms. The molecule has 0 saturated heterocycles. The molecule has 0 fully saturated rings. The summed E-state index contributed by atoms with van der Waals surface area (Å²) in [6.07, 6.45) is 4.86. The van der Waals surface area contributed by atoms with Gasteiger partial charge in [0.1, 0.15) is 5.82 Å². The normalized spacial score (nSPS) is 12.6. The van der Waals surface area contributed by atoms with E-state index in [0.717, 1.165) is 23.3 Å². The molecular formula is C14H18BrN3. The summed E-state index contributed by atoms with van der Waals surface area (Å²) in [6, 6.07) is 8.81. The number of imidazole rings is 1. The van der Waals surface area contributed by atoms with E-state index in [1.165, 1.54) is 5.56 Å². The fraction of sp³-hybridized carbons (Fsp3) is 0.357. The van der Waals surface area contributed by atoms with Crippen molar-refractivity contribution in [2.45, 2.75) is 25.9 Å². The van der Waals surface area contributed by atoms with Gasteiger partial charge in [-0.2, -0.15) is 0 Å². The summed E-state index contributed by atoms with van der Waals surface area (Å²) in [7, 11) is 2.02. The van der Waals surface area contributed by atoms with Crippen molar-refractivity contribution in [3.8, 4) is 0 Å². The van der Waals surface area contributed by atoms with Crippen LogP contribution in [0.5, 0.6) is 0 Å². The summed E-state index contributed by atoms with van der Waals surface area (Å²) >= 11 is 3.52. The van der Waals surface area contributed by atoms with E-state index >= 15 is 0 Å². The van der Waals surface area contributed by atoms with Gasteiger partial charge in [0.25, 0.3) is 0 Å². The maximum absolute atomic E-state index is 4.32. The van der Waals surface area contributed by atoms with Crippen molar-refractivity contribution in [1.82, 2.24) is 14.9 Å². The maximum Gasteiger partial charge on any atom is 0.122 e. The van der Waals surface area contributed by atoms with E-state index < -0.39 is 0 Å². The lowest BCUT2D eigenvalue weighted by atomic mass is 10.0. The largest absolute Gasteiger partial charge is 0.337 e. The Morgan fingerprint density at radius 1 is 1.44 bits per heavy atom. The highest BCUT2D eigenvalue weighted by Crippen LogP contribution is 2.20. The zero-order valence-corrected chi connectivity index (χ0v) is 12.3. The maximum atomic E-state index is 4.32. The lowest BCUT2D eigenvalue weighted by Crippen LogP contribution is -2.22. The third-order valence-electron chi connectivity index (χ3n) is 3.09. The van der Waals surface area contributed by atoms with Crippen LogP contribution >= 0.6 is 15.9 Å². The molecule has 18 heavy (non-hydrogen) atoms. The molecule has 4 heteroatoms. The molecular weight excluding hydrogens is 290 g/mol. The summed E-state index contributed by atoms with van der Waals surface area (Å²) in [5.74, 6) is 1.06. The van der Waals surface area contributed by atoms with Crippen LogP contribution in [-0.2, 0) is 13.6 Å². The molecule has 1 N–H and O–H groups in total. The summed E-state index contributed by atoms with van der Waals surface area (Å²) in [6.45, 7) is 2.98. The molecule has 1 aromatic carbocycles. The van der Waals surface area contributed by atoms with Gasteiger partial charge in [-0.1, -0.05) is 35.0 Å². The van der Waals surface area contributed by atoms with Crippen molar-refractivity contribution >= 4 is 15.9 Å². The second-order valence-corrected chi connectivity index (χ2v) is 5.27. The molecule has 0 aliphatic heterocycles. The fourth-order valence-corrected chi connectivity index (χ4v) is 2.42. The molecule has 0 aliphatic carbocycles. The van der Waals surface area contributed by atoms with Gasteiger partial charge in [0.2, 0.25) is 0 Å². The van der Waals surface area contributed by atoms with Gasteiger partial charge in [0.05, 0.1) is 6.54 Å². The first-order valence-corrected chi connectivity index (χ1v) is 6.95. The van der Waals surface area contributed by atoms with Crippen LogP contribution in [0.15, 0.2) is 41.1 Å². The van der Waals surface area contributed by atoms with Crippen molar-refractivity contribution in [2.75, 3.05) is 0 Å². The SMILES string of the molecule is CCC(NCc1nccn1C)c1cccc(Br)c1. The van der Waals surface area contributed by atoms with Gasteiger partial charge in [0, 0.05) is 30.0 Å². The molecule has 0 bridgehead atoms. The average molecular weight is 308 g/mol. The summed E-state index contributed by atoms with van der Waals surface area (Å²) in [5.41, 5.74) is 1.31. The van der Waals surface area contributed by atoms with E-state index in [0.29, 0.717) is 6.04 Å². The molecule has 96 valence electrons. The third-order valence-corrected chi connectivity index (χ3v) is 3.58. The minimum Gasteiger partial charge on any atom is -0.337 e. The van der Waals surface area contributed by atoms with E-state index in [1.54, 1.807) is 0 Å². The van der Waals surface area contributed by atoms with E-state index in [9.17, 15) is 0 Å². The number of aromatic nitrogens is 2. The Kier molecular flexibility index (Phi) is 4.55. The van der Waals surface area contributed by atoms with Gasteiger partial charge in [-0.05, 0) is 24.1 Å². The highest BCUT2D eigenvalue weighted by molar-refractivity contribution is 9.10. The number of aryl methyl sites for hydroxylation is 1. The van der Waals surface area contributed by atoms with Crippen LogP contribution in [0.3, 0.4) is 0 Å². The molecule has 2 rings (SSSR count). The second-order valence-electron chi connectivity index (χ2n) is 4.35. The number of benzene rings is 1. The minimum atomic E-state index is 0.360. The van der Waals surface area contributed by atoms with Crippen LogP contribution < -0.4 is 5.32 Å². The summed E-state index contributed by atoms with van der Waals surface area (Å²) in [4.78, 5) is 4.32. The van der Waals surface area contributed by atoms with Crippen molar-refractivity contribution in [1.29, 1.82) is 0 Å². The molecule has 1 heterocycles. The van der Waals surface area contributed by atoms with Gasteiger partial charge in [-0.15, -0.1) is 0 Å². The molecule has 0 radical (unpaired) electrons. The molecule has 0 aliphatic rings. The standard InChI is InChI=1S/C14H18BrN3/c1-3-13(11-5-4-6-12(15)9-11)17-10-14-16-7-8-18(14)2/h4-9,13,17H,3,10H2,1-2H3. The monoisotopic (exact) mass is 307 g/mol. The van der Waals surface area contributed by atoms with Crippen molar-refractivity contribution in [3.05, 3.63) is 52.5 Å². The number of nitrogens with zero attached hydrogens (tertiary/aromatic N) is 2. The predicted octanol–water partition coefficient (Wildman–Crippen LogP) is 3.42. The number of rotatable bonds is 5. The molecule has 0 amide bonds. The number of hydrogen-bond donors (Lipinski definition) is 1. The third kappa shape index (κ3) is 3.21. The van der Waals surface area contributed by atoms with Crippen LogP contribution in [0.4, 0.5) is 0 Å². The Labute approximate surface area is 116 Å². The highest BCUT2D eigenvalue weighted by atomic mass is 79.9. The molecule has 0 saturated carbocycles. The van der Waals surface area contributed by atoms with Crippen molar-refractivity contribution in [3.63, 3.8) is 0 Å². The Bertz CT molecular complexity index is 507. The highest BCUT2D eigenvalue weighted by Gasteiger charge is 2.10. The Balaban J connectivity index is 2.04. The van der Waals surface area contributed by atoms with E-state index in [-0.39, 0.29) is 0 Å². The fourth-order valence-electron chi connectivity index (χ4n) is 2.00. The minimum absolute atomic E-state index is 0.360. The van der Waals surface area contributed by atoms with Crippen LogP contribution in [0.1, 0.15) is 30.8 Å². The summed E-state index contributed by atoms with van der Waals surface area (Å²) in [5, 5.41) is 3.55. The topological polar surface area (TPSA) is 29.9 Å². The van der Waals surface area contributed by atoms with Crippen LogP contribution in [0, 0.1) is 0 Å². The molecule has 1 unspecified atom stereocenters. The lowest BCUT2D eigenvalue weighted by molar-refractivity contribution is 0.502. The molecule has 1 atom stereocenters. The first kappa shape index (κ1) is 13.3. The quantitative estimate of drug-likeness (QED) is 0.917. The van der Waals surface area contributed by atoms with E-state index in [4.69, 9.17) is 0 Å². The Morgan fingerprint density at radius 2 is 2.28 bits per heavy atom. The van der Waals surface area contributed by atoms with Crippen LogP contribution in [0.2, 0.25) is 0 Å². The Morgan fingerprint density at radius 3 is 2.89 bits per heavy atom. The number of hydrogen-bond acceptors (Lipinski definition) is 2. The van der Waals surface area contributed by atoms with Crippen molar-refractivity contribution < 1.29 is 0 Å². The van der Waals surface area contributed by atoms with Gasteiger partial charge < -0.3 is 9.88 Å². The van der Waals surface area contributed by atoms with Crippen LogP contribution in [0.25, 0.3) is 0 Å². The zero-order chi connectivity index (χ0) is 13.0. The zero-order valence-electron chi connectivity index (χ0n) is 10.7. The second kappa shape index (κ2) is 6.16. The predicted molar refractivity (Wildman–Crippen MR) is 77.2 cm³/mol.